The number of tetrazole rings is 1. The van der Waals surface area contributed by atoms with Gasteiger partial charge >= 0.3 is 0 Å². The van der Waals surface area contributed by atoms with Crippen molar-refractivity contribution in [2.24, 2.45) is 0 Å². The van der Waals surface area contributed by atoms with Gasteiger partial charge in [-0.3, -0.25) is 4.79 Å². The number of benzene rings is 1. The van der Waals surface area contributed by atoms with E-state index in [1.54, 1.807) is 17.0 Å². The van der Waals surface area contributed by atoms with Gasteiger partial charge in [0, 0.05) is 26.2 Å². The third-order valence-corrected chi connectivity index (χ3v) is 9.06. The first-order chi connectivity index (χ1) is 15.4. The Bertz CT molecular complexity index is 1020. The van der Waals surface area contributed by atoms with Crippen LogP contribution in [0.5, 0.6) is 0 Å². The SMILES string of the molecule is CC(C)c1ccc(S(=O)(=O)N2CCN(C(=O)CSc3nnnn3C3CCCC3)CC2)cc1. The van der Waals surface area contributed by atoms with Gasteiger partial charge in [-0.1, -0.05) is 50.6 Å². The van der Waals surface area contributed by atoms with E-state index in [2.05, 4.69) is 29.4 Å². The minimum atomic E-state index is -3.56. The highest BCUT2D eigenvalue weighted by molar-refractivity contribution is 7.99. The molecule has 11 heteroatoms. The molecule has 174 valence electrons. The average molecular weight is 479 g/mol. The van der Waals surface area contributed by atoms with Crippen LogP contribution in [-0.2, 0) is 14.8 Å². The molecule has 2 aliphatic rings. The minimum absolute atomic E-state index is 0.0192. The summed E-state index contributed by atoms with van der Waals surface area (Å²) in [4.78, 5) is 14.7. The summed E-state index contributed by atoms with van der Waals surface area (Å²) in [5.74, 6) is 0.576. The molecule has 0 N–H and O–H groups in total. The number of amides is 1. The van der Waals surface area contributed by atoms with Crippen molar-refractivity contribution in [2.45, 2.75) is 61.5 Å². The fourth-order valence-corrected chi connectivity index (χ4v) is 6.50. The number of hydrogen-bond acceptors (Lipinski definition) is 7. The number of rotatable bonds is 7. The van der Waals surface area contributed by atoms with Crippen LogP contribution >= 0.6 is 11.8 Å². The molecule has 9 nitrogen and oxygen atoms in total. The fourth-order valence-electron chi connectivity index (χ4n) is 4.23. The van der Waals surface area contributed by atoms with Crippen LogP contribution in [0.2, 0.25) is 0 Å². The lowest BCUT2D eigenvalue weighted by atomic mass is 10.0. The van der Waals surface area contributed by atoms with Gasteiger partial charge in [0.1, 0.15) is 0 Å². The molecular weight excluding hydrogens is 448 g/mol. The summed E-state index contributed by atoms with van der Waals surface area (Å²) in [6.07, 6.45) is 4.51. The number of piperazine rings is 1. The first-order valence-electron chi connectivity index (χ1n) is 11.1. The summed E-state index contributed by atoms with van der Waals surface area (Å²) in [5.41, 5.74) is 1.11. The molecule has 0 spiro atoms. The van der Waals surface area contributed by atoms with Crippen molar-refractivity contribution in [3.8, 4) is 0 Å². The Labute approximate surface area is 193 Å². The third kappa shape index (κ3) is 4.99. The molecule has 0 unspecified atom stereocenters. The molecule has 2 fully saturated rings. The van der Waals surface area contributed by atoms with Crippen LogP contribution < -0.4 is 0 Å². The third-order valence-electron chi connectivity index (χ3n) is 6.23. The molecule has 0 bridgehead atoms. The van der Waals surface area contributed by atoms with Crippen LogP contribution in [0.15, 0.2) is 34.3 Å². The maximum absolute atomic E-state index is 13.0. The summed E-state index contributed by atoms with van der Waals surface area (Å²) in [6.45, 7) is 5.52. The molecule has 1 aromatic carbocycles. The Hall–Kier alpha value is -1.98. The molecule has 2 aromatic rings. The van der Waals surface area contributed by atoms with Gasteiger partial charge < -0.3 is 4.90 Å². The molecule has 1 aliphatic carbocycles. The lowest BCUT2D eigenvalue weighted by Gasteiger charge is -2.34. The molecule has 1 saturated carbocycles. The molecule has 1 aromatic heterocycles. The van der Waals surface area contributed by atoms with Gasteiger partial charge in [-0.15, -0.1) is 5.10 Å². The average Bonchev–Trinajstić information content (AvgIpc) is 3.49. The van der Waals surface area contributed by atoms with E-state index in [9.17, 15) is 13.2 Å². The van der Waals surface area contributed by atoms with E-state index in [0.29, 0.717) is 48.2 Å². The normalized spacial score (nSPS) is 18.5. The van der Waals surface area contributed by atoms with Crippen molar-refractivity contribution in [1.29, 1.82) is 0 Å². The Morgan fingerprint density at radius 1 is 1.09 bits per heavy atom. The zero-order chi connectivity index (χ0) is 22.7. The van der Waals surface area contributed by atoms with Crippen LogP contribution in [-0.4, -0.2) is 75.7 Å². The Kier molecular flexibility index (Phi) is 7.16. The smallest absolute Gasteiger partial charge is 0.243 e. The van der Waals surface area contributed by atoms with E-state index < -0.39 is 10.0 Å². The van der Waals surface area contributed by atoms with Gasteiger partial charge in [0.25, 0.3) is 0 Å². The lowest BCUT2D eigenvalue weighted by molar-refractivity contribution is -0.129. The van der Waals surface area contributed by atoms with Gasteiger partial charge in [0.05, 0.1) is 16.7 Å². The minimum Gasteiger partial charge on any atom is -0.339 e. The highest BCUT2D eigenvalue weighted by Gasteiger charge is 2.30. The van der Waals surface area contributed by atoms with E-state index in [1.807, 2.05) is 16.8 Å². The highest BCUT2D eigenvalue weighted by atomic mass is 32.2. The molecule has 1 amide bonds. The van der Waals surface area contributed by atoms with E-state index in [1.165, 1.54) is 28.9 Å². The van der Waals surface area contributed by atoms with Gasteiger partial charge in [-0.2, -0.15) is 4.31 Å². The molecule has 4 rings (SSSR count). The summed E-state index contributed by atoms with van der Waals surface area (Å²) in [5, 5.41) is 12.6. The van der Waals surface area contributed by atoms with Crippen molar-refractivity contribution in [1.82, 2.24) is 29.4 Å². The molecule has 2 heterocycles. The monoisotopic (exact) mass is 478 g/mol. The second kappa shape index (κ2) is 9.88. The zero-order valence-electron chi connectivity index (χ0n) is 18.6. The van der Waals surface area contributed by atoms with E-state index in [-0.39, 0.29) is 11.7 Å². The summed E-state index contributed by atoms with van der Waals surface area (Å²) < 4.78 is 29.3. The van der Waals surface area contributed by atoms with Gasteiger partial charge in [-0.25, -0.2) is 13.1 Å². The summed E-state index contributed by atoms with van der Waals surface area (Å²) in [6, 6.07) is 7.41. The predicted molar refractivity (Wildman–Crippen MR) is 122 cm³/mol. The van der Waals surface area contributed by atoms with Crippen LogP contribution in [0.4, 0.5) is 0 Å². The Morgan fingerprint density at radius 3 is 2.38 bits per heavy atom. The molecular formula is C21H30N6O3S2. The van der Waals surface area contributed by atoms with Crippen LogP contribution in [0.25, 0.3) is 0 Å². The van der Waals surface area contributed by atoms with Crippen molar-refractivity contribution in [3.63, 3.8) is 0 Å². The van der Waals surface area contributed by atoms with Crippen molar-refractivity contribution in [3.05, 3.63) is 29.8 Å². The van der Waals surface area contributed by atoms with Crippen molar-refractivity contribution < 1.29 is 13.2 Å². The van der Waals surface area contributed by atoms with Crippen molar-refractivity contribution >= 4 is 27.7 Å². The number of sulfonamides is 1. The largest absolute Gasteiger partial charge is 0.339 e. The van der Waals surface area contributed by atoms with Crippen LogP contribution in [0.1, 0.15) is 57.1 Å². The second-order valence-corrected chi connectivity index (χ2v) is 11.5. The maximum Gasteiger partial charge on any atom is 0.243 e. The maximum atomic E-state index is 13.0. The van der Waals surface area contributed by atoms with Gasteiger partial charge in [-0.05, 0) is 46.9 Å². The predicted octanol–water partition coefficient (Wildman–Crippen LogP) is 2.54. The fraction of sp³-hybridized carbons (Fsp3) is 0.619. The van der Waals surface area contributed by atoms with E-state index in [4.69, 9.17) is 0 Å². The second-order valence-electron chi connectivity index (χ2n) is 8.64. The number of aromatic nitrogens is 4. The molecule has 0 atom stereocenters. The topological polar surface area (TPSA) is 101 Å². The molecule has 0 radical (unpaired) electrons. The van der Waals surface area contributed by atoms with Crippen molar-refractivity contribution in [2.75, 3.05) is 31.9 Å². The highest BCUT2D eigenvalue weighted by Crippen LogP contribution is 2.31. The first-order valence-corrected chi connectivity index (χ1v) is 13.6. The van der Waals surface area contributed by atoms with Crippen LogP contribution in [0, 0.1) is 0 Å². The Balaban J connectivity index is 1.30. The van der Waals surface area contributed by atoms with E-state index >= 15 is 0 Å². The number of thioether (sulfide) groups is 1. The van der Waals surface area contributed by atoms with E-state index in [0.717, 1.165) is 18.4 Å². The lowest BCUT2D eigenvalue weighted by Crippen LogP contribution is -2.51. The number of carbonyl (C=O) groups is 1. The summed E-state index contributed by atoms with van der Waals surface area (Å²) in [7, 11) is -3.56. The standard InChI is InChI=1S/C21H30N6O3S2/c1-16(2)17-7-9-19(10-8-17)32(29,30)26-13-11-25(12-14-26)20(28)15-31-21-22-23-24-27(21)18-5-3-4-6-18/h7-10,16,18H,3-6,11-15H2,1-2H3. The quantitative estimate of drug-likeness (QED) is 0.564. The number of nitrogens with zero attached hydrogens (tertiary/aromatic N) is 6. The Morgan fingerprint density at radius 2 is 1.75 bits per heavy atom. The van der Waals surface area contributed by atoms with Gasteiger partial charge in [0.15, 0.2) is 0 Å². The van der Waals surface area contributed by atoms with Crippen LogP contribution in [0.3, 0.4) is 0 Å². The first kappa shape index (κ1) is 23.2. The zero-order valence-corrected chi connectivity index (χ0v) is 20.2. The molecule has 32 heavy (non-hydrogen) atoms. The number of hydrogen-bond donors (Lipinski definition) is 0. The summed E-state index contributed by atoms with van der Waals surface area (Å²) >= 11 is 1.35. The van der Waals surface area contributed by atoms with Gasteiger partial charge in [0.2, 0.25) is 21.1 Å². The molecule has 1 saturated heterocycles. The molecule has 1 aliphatic heterocycles. The number of carbonyl (C=O) groups excluding carboxylic acids is 1.